The molecule has 0 saturated carbocycles. The number of rotatable bonds is 5. The average molecular weight is 562 g/mol. The second-order valence-corrected chi connectivity index (χ2v) is 9.66. The Labute approximate surface area is 161 Å². The Morgan fingerprint density at radius 3 is 1.45 bits per heavy atom. The van der Waals surface area contributed by atoms with Gasteiger partial charge in [-0.1, -0.05) is 31.9 Å². The van der Waals surface area contributed by atoms with E-state index in [1.807, 2.05) is 35.7 Å². The zero-order valence-corrected chi connectivity index (χ0v) is 18.2. The first-order valence-corrected chi connectivity index (χ1v) is 10.9. The van der Waals surface area contributed by atoms with Crippen LogP contribution in [0.5, 0.6) is 0 Å². The summed E-state index contributed by atoms with van der Waals surface area (Å²) in [5.41, 5.74) is 0. The van der Waals surface area contributed by atoms with E-state index >= 15 is 0 Å². The minimum absolute atomic E-state index is 1.07. The van der Waals surface area contributed by atoms with E-state index in [1.165, 1.54) is 9.79 Å². The third-order valence-corrected chi connectivity index (χ3v) is 7.65. The molecule has 20 heavy (non-hydrogen) atoms. The summed E-state index contributed by atoms with van der Waals surface area (Å²) in [6.45, 7) is 0. The van der Waals surface area contributed by atoms with Crippen LogP contribution in [0.4, 0.5) is 0 Å². The highest BCUT2D eigenvalue weighted by Gasteiger charge is 2.04. The Bertz CT molecular complexity index is 548. The van der Waals surface area contributed by atoms with Gasteiger partial charge in [-0.15, -0.1) is 23.5 Å². The van der Waals surface area contributed by atoms with Crippen molar-refractivity contribution in [1.29, 1.82) is 0 Å². The van der Waals surface area contributed by atoms with Crippen LogP contribution in [0.3, 0.4) is 0 Å². The standard InChI is InChI=1S/C14H10Br4S2/c15-9-1-3-11(17)13(7-9)19-5-6-20-14-8-10(16)2-4-12(14)18/h1-4,7-8H,5-6H2. The van der Waals surface area contributed by atoms with Crippen molar-refractivity contribution in [3.63, 3.8) is 0 Å². The van der Waals surface area contributed by atoms with Gasteiger partial charge < -0.3 is 0 Å². The molecular weight excluding hydrogens is 552 g/mol. The summed E-state index contributed by atoms with van der Waals surface area (Å²) in [5.74, 6) is 2.14. The third-order valence-electron chi connectivity index (χ3n) is 2.38. The van der Waals surface area contributed by atoms with Gasteiger partial charge in [-0.05, 0) is 68.3 Å². The van der Waals surface area contributed by atoms with Gasteiger partial charge >= 0.3 is 0 Å². The quantitative estimate of drug-likeness (QED) is 0.272. The zero-order chi connectivity index (χ0) is 14.5. The fraction of sp³-hybridized carbons (Fsp3) is 0.143. The molecule has 2 aromatic rings. The van der Waals surface area contributed by atoms with Gasteiger partial charge in [0.05, 0.1) is 0 Å². The molecule has 0 atom stereocenters. The molecule has 6 heteroatoms. The summed E-state index contributed by atoms with van der Waals surface area (Å²) >= 11 is 17.9. The Hall–Kier alpha value is 1.06. The minimum Gasteiger partial charge on any atom is -0.124 e. The third kappa shape index (κ3) is 5.36. The van der Waals surface area contributed by atoms with Gasteiger partial charge in [-0.2, -0.15) is 0 Å². The van der Waals surface area contributed by atoms with Crippen molar-refractivity contribution in [1.82, 2.24) is 0 Å². The molecular formula is C14H10Br4S2. The predicted octanol–water partition coefficient (Wildman–Crippen LogP) is 7.62. The largest absolute Gasteiger partial charge is 0.124 e. The van der Waals surface area contributed by atoms with E-state index in [1.54, 1.807) is 0 Å². The van der Waals surface area contributed by atoms with Gasteiger partial charge in [0, 0.05) is 39.2 Å². The lowest BCUT2D eigenvalue weighted by Gasteiger charge is -2.07. The van der Waals surface area contributed by atoms with Gasteiger partial charge in [-0.25, -0.2) is 0 Å². The van der Waals surface area contributed by atoms with Gasteiger partial charge in [0.25, 0.3) is 0 Å². The number of thioether (sulfide) groups is 2. The Morgan fingerprint density at radius 2 is 1.05 bits per heavy atom. The Balaban J connectivity index is 1.87. The molecule has 0 nitrogen and oxygen atoms in total. The van der Waals surface area contributed by atoms with Gasteiger partial charge in [0.2, 0.25) is 0 Å². The molecule has 2 rings (SSSR count). The molecule has 0 spiro atoms. The van der Waals surface area contributed by atoms with Crippen LogP contribution >= 0.6 is 87.2 Å². The Kier molecular flexibility index (Phi) is 7.51. The van der Waals surface area contributed by atoms with Crippen LogP contribution in [0, 0.1) is 0 Å². The molecule has 0 aliphatic heterocycles. The van der Waals surface area contributed by atoms with Crippen molar-refractivity contribution < 1.29 is 0 Å². The van der Waals surface area contributed by atoms with Crippen LogP contribution in [-0.4, -0.2) is 11.5 Å². The molecule has 0 radical (unpaired) electrons. The summed E-state index contributed by atoms with van der Waals surface area (Å²) < 4.78 is 4.54. The van der Waals surface area contributed by atoms with Crippen LogP contribution in [0.1, 0.15) is 0 Å². The van der Waals surface area contributed by atoms with Gasteiger partial charge in [0.1, 0.15) is 0 Å². The molecule has 0 heterocycles. The first kappa shape index (κ1) is 17.4. The van der Waals surface area contributed by atoms with E-state index in [0.29, 0.717) is 0 Å². The monoisotopic (exact) mass is 558 g/mol. The molecule has 0 aromatic heterocycles. The number of hydrogen-bond donors (Lipinski definition) is 0. The molecule has 0 N–H and O–H groups in total. The van der Waals surface area contributed by atoms with Crippen LogP contribution < -0.4 is 0 Å². The van der Waals surface area contributed by atoms with Gasteiger partial charge in [0.15, 0.2) is 0 Å². The molecule has 0 bridgehead atoms. The number of hydrogen-bond acceptors (Lipinski definition) is 2. The second-order valence-electron chi connectivity index (χ2n) is 3.85. The van der Waals surface area contributed by atoms with E-state index in [4.69, 9.17) is 0 Å². The van der Waals surface area contributed by atoms with E-state index in [2.05, 4.69) is 88.0 Å². The minimum atomic E-state index is 1.07. The topological polar surface area (TPSA) is 0 Å². The fourth-order valence-corrected chi connectivity index (χ4v) is 5.62. The van der Waals surface area contributed by atoms with Crippen LogP contribution in [-0.2, 0) is 0 Å². The number of halogens is 4. The smallest absolute Gasteiger partial charge is 0.0312 e. The van der Waals surface area contributed by atoms with E-state index in [0.717, 1.165) is 29.4 Å². The summed E-state index contributed by atoms with van der Waals surface area (Å²) in [4.78, 5) is 2.54. The van der Waals surface area contributed by atoms with Crippen LogP contribution in [0.15, 0.2) is 64.1 Å². The molecule has 0 fully saturated rings. The molecule has 0 aliphatic carbocycles. The van der Waals surface area contributed by atoms with Crippen LogP contribution in [0.25, 0.3) is 0 Å². The van der Waals surface area contributed by atoms with Crippen molar-refractivity contribution in [3.05, 3.63) is 54.3 Å². The molecule has 0 saturated heterocycles. The highest BCUT2D eigenvalue weighted by atomic mass is 79.9. The average Bonchev–Trinajstić information content (AvgIpc) is 2.42. The Morgan fingerprint density at radius 1 is 0.650 bits per heavy atom. The molecule has 106 valence electrons. The maximum atomic E-state index is 3.59. The van der Waals surface area contributed by atoms with E-state index < -0.39 is 0 Å². The molecule has 0 amide bonds. The van der Waals surface area contributed by atoms with Gasteiger partial charge in [-0.3, -0.25) is 0 Å². The summed E-state index contributed by atoms with van der Waals surface area (Å²) in [6, 6.07) is 12.5. The molecule has 2 aromatic carbocycles. The highest BCUT2D eigenvalue weighted by Crippen LogP contribution is 2.33. The van der Waals surface area contributed by atoms with Crippen LogP contribution in [0.2, 0.25) is 0 Å². The fourth-order valence-electron chi connectivity index (χ4n) is 1.48. The first-order chi connectivity index (χ1) is 9.56. The maximum absolute atomic E-state index is 3.59. The molecule has 0 unspecified atom stereocenters. The highest BCUT2D eigenvalue weighted by molar-refractivity contribution is 9.11. The lowest BCUT2D eigenvalue weighted by Crippen LogP contribution is -1.86. The number of benzene rings is 2. The second kappa shape index (κ2) is 8.63. The maximum Gasteiger partial charge on any atom is 0.0312 e. The zero-order valence-electron chi connectivity index (χ0n) is 10.2. The normalized spacial score (nSPS) is 10.8. The first-order valence-electron chi connectivity index (χ1n) is 5.72. The van der Waals surface area contributed by atoms with Crippen molar-refractivity contribution in [2.75, 3.05) is 11.5 Å². The lowest BCUT2D eigenvalue weighted by molar-refractivity contribution is 1.35. The summed E-state index contributed by atoms with van der Waals surface area (Å²) in [6.07, 6.45) is 0. The lowest BCUT2D eigenvalue weighted by atomic mass is 10.4. The van der Waals surface area contributed by atoms with Crippen molar-refractivity contribution in [3.8, 4) is 0 Å². The van der Waals surface area contributed by atoms with E-state index in [9.17, 15) is 0 Å². The van der Waals surface area contributed by atoms with E-state index in [-0.39, 0.29) is 0 Å². The SMILES string of the molecule is Brc1ccc(Br)c(SCCSc2cc(Br)ccc2Br)c1. The van der Waals surface area contributed by atoms with Crippen molar-refractivity contribution >= 4 is 87.2 Å². The summed E-state index contributed by atoms with van der Waals surface area (Å²) in [5, 5.41) is 0. The van der Waals surface area contributed by atoms with Crippen molar-refractivity contribution in [2.24, 2.45) is 0 Å². The molecule has 0 aliphatic rings. The van der Waals surface area contributed by atoms with Crippen molar-refractivity contribution in [2.45, 2.75) is 9.79 Å². The predicted molar refractivity (Wildman–Crippen MR) is 105 cm³/mol. The summed E-state index contributed by atoms with van der Waals surface area (Å²) in [7, 11) is 0.